The fourth-order valence-electron chi connectivity index (χ4n) is 6.63. The van der Waals surface area contributed by atoms with E-state index in [4.69, 9.17) is 0 Å². The minimum absolute atomic E-state index is 0.0113. The number of fused-ring (bicyclic) bond motifs is 2. The molecular weight excluding hydrogens is 440 g/mol. The molecule has 3 heterocycles. The Labute approximate surface area is 210 Å². The first-order valence-electron chi connectivity index (χ1n) is 13.1. The lowest BCUT2D eigenvalue weighted by Gasteiger charge is -2.48. The Morgan fingerprint density at radius 1 is 1.09 bits per heavy atom. The first-order valence-corrected chi connectivity index (χ1v) is 13.1. The van der Waals surface area contributed by atoms with Crippen LogP contribution in [0.15, 0.2) is 30.3 Å². The van der Waals surface area contributed by atoms with E-state index in [-0.39, 0.29) is 47.4 Å². The predicted octanol–water partition coefficient (Wildman–Crippen LogP) is 4.34. The van der Waals surface area contributed by atoms with E-state index < -0.39 is 5.54 Å². The highest BCUT2D eigenvalue weighted by molar-refractivity contribution is 6.07. The Balaban J connectivity index is 1.48. The molecule has 3 atom stereocenters. The van der Waals surface area contributed by atoms with Crippen LogP contribution < -0.4 is 5.32 Å². The van der Waals surface area contributed by atoms with Crippen LogP contribution in [-0.4, -0.2) is 69.8 Å². The van der Waals surface area contributed by atoms with E-state index >= 15 is 0 Å². The fourth-order valence-corrected chi connectivity index (χ4v) is 6.63. The van der Waals surface area contributed by atoms with Crippen LogP contribution in [0.5, 0.6) is 0 Å². The molecule has 35 heavy (non-hydrogen) atoms. The second kappa shape index (κ2) is 9.57. The van der Waals surface area contributed by atoms with Gasteiger partial charge in [-0.2, -0.15) is 0 Å². The van der Waals surface area contributed by atoms with Crippen LogP contribution in [0, 0.1) is 5.41 Å². The third-order valence-corrected chi connectivity index (χ3v) is 8.00. The van der Waals surface area contributed by atoms with Crippen LogP contribution in [0.3, 0.4) is 0 Å². The summed E-state index contributed by atoms with van der Waals surface area (Å²) in [5.41, 5.74) is 0.355. The number of carbonyl (C=O) groups is 3. The highest BCUT2D eigenvalue weighted by Crippen LogP contribution is 2.48. The van der Waals surface area contributed by atoms with Crippen LogP contribution in [0.1, 0.15) is 84.7 Å². The molecular formula is C28H42N4O3. The molecule has 3 aliphatic rings. The molecule has 0 radical (unpaired) electrons. The normalized spacial score (nSPS) is 27.9. The lowest BCUT2D eigenvalue weighted by atomic mass is 9.80. The molecule has 1 spiro atoms. The largest absolute Gasteiger partial charge is 0.349 e. The third kappa shape index (κ3) is 4.97. The first-order chi connectivity index (χ1) is 16.4. The molecule has 0 aliphatic carbocycles. The Morgan fingerprint density at radius 2 is 1.69 bits per heavy atom. The van der Waals surface area contributed by atoms with Gasteiger partial charge in [0, 0.05) is 38.1 Å². The molecule has 4 amide bonds. The second-order valence-corrected chi connectivity index (χ2v) is 12.2. The number of hydrogen-bond donors (Lipinski definition) is 1. The van der Waals surface area contributed by atoms with E-state index in [1.165, 1.54) is 4.90 Å². The summed E-state index contributed by atoms with van der Waals surface area (Å²) in [5.74, 6) is 0.0435. The monoisotopic (exact) mass is 482 g/mol. The summed E-state index contributed by atoms with van der Waals surface area (Å²) < 4.78 is 0. The number of carbonyl (C=O) groups excluding carboxylic acids is 3. The van der Waals surface area contributed by atoms with Crippen LogP contribution in [0.25, 0.3) is 0 Å². The second-order valence-electron chi connectivity index (χ2n) is 12.2. The summed E-state index contributed by atoms with van der Waals surface area (Å²) in [6.45, 7) is 11.1. The molecule has 1 aromatic rings. The number of nitrogens with zero attached hydrogens (tertiary/aromatic N) is 3. The summed E-state index contributed by atoms with van der Waals surface area (Å²) in [7, 11) is 1.62. The number of nitrogens with one attached hydrogen (secondary N) is 1. The molecule has 1 N–H and O–H groups in total. The summed E-state index contributed by atoms with van der Waals surface area (Å²) >= 11 is 0. The van der Waals surface area contributed by atoms with Crippen LogP contribution >= 0.6 is 0 Å². The number of hydrogen-bond acceptors (Lipinski definition) is 4. The van der Waals surface area contributed by atoms with E-state index in [1.54, 1.807) is 7.05 Å². The van der Waals surface area contributed by atoms with Gasteiger partial charge in [-0.1, -0.05) is 51.1 Å². The quantitative estimate of drug-likeness (QED) is 0.587. The maximum Gasteiger partial charge on any atom is 0.327 e. The highest BCUT2D eigenvalue weighted by atomic mass is 16.2. The predicted molar refractivity (Wildman–Crippen MR) is 137 cm³/mol. The Kier molecular flexibility index (Phi) is 7.02. The molecule has 3 saturated heterocycles. The molecule has 0 saturated carbocycles. The van der Waals surface area contributed by atoms with E-state index in [0.29, 0.717) is 19.3 Å². The van der Waals surface area contributed by atoms with Gasteiger partial charge in [-0.3, -0.25) is 19.4 Å². The molecule has 2 unspecified atom stereocenters. The van der Waals surface area contributed by atoms with Crippen molar-refractivity contribution in [2.75, 3.05) is 13.6 Å². The van der Waals surface area contributed by atoms with E-state index in [9.17, 15) is 14.4 Å². The molecule has 4 rings (SSSR count). The first kappa shape index (κ1) is 25.7. The van der Waals surface area contributed by atoms with Gasteiger partial charge >= 0.3 is 6.03 Å². The molecule has 7 heteroatoms. The number of benzene rings is 1. The molecule has 2 bridgehead atoms. The number of piperidine rings is 1. The summed E-state index contributed by atoms with van der Waals surface area (Å²) in [6, 6.07) is 10.5. The molecule has 192 valence electrons. The van der Waals surface area contributed by atoms with Gasteiger partial charge in [0.2, 0.25) is 5.91 Å². The van der Waals surface area contributed by atoms with E-state index in [1.807, 2.05) is 36.9 Å². The smallest absolute Gasteiger partial charge is 0.327 e. The van der Waals surface area contributed by atoms with Crippen molar-refractivity contribution in [2.45, 2.75) is 103 Å². The Hall–Kier alpha value is -2.41. The van der Waals surface area contributed by atoms with E-state index in [2.05, 4.69) is 43.1 Å². The fraction of sp³-hybridized carbons (Fsp3) is 0.679. The Morgan fingerprint density at radius 3 is 2.23 bits per heavy atom. The zero-order chi connectivity index (χ0) is 25.5. The lowest BCUT2D eigenvalue weighted by molar-refractivity contribution is -0.137. The number of likely N-dealkylation sites (N-methyl/N-ethyl adjacent to an activating group) is 1. The van der Waals surface area contributed by atoms with Crippen molar-refractivity contribution in [2.24, 2.45) is 5.41 Å². The third-order valence-electron chi connectivity index (χ3n) is 8.00. The standard InChI is InChI=1S/C28H42N4O3/c1-19(2)32-26(35)30(6)25(34)28(32)16-21-12-13-22(17-28)31(21)15-14-23(20-10-8-7-9-11-20)29-24(33)18-27(3,4)5/h7-11,19,21-23H,12-18H2,1-6H3,(H,29,33)/t21?,22?,23-,28?/m0/s1. The summed E-state index contributed by atoms with van der Waals surface area (Å²) in [5, 5.41) is 3.29. The van der Waals surface area contributed by atoms with Gasteiger partial charge in [-0.25, -0.2) is 4.79 Å². The van der Waals surface area contributed by atoms with Crippen molar-refractivity contribution < 1.29 is 14.4 Å². The topological polar surface area (TPSA) is 73.0 Å². The van der Waals surface area contributed by atoms with E-state index in [0.717, 1.165) is 31.4 Å². The van der Waals surface area contributed by atoms with Gasteiger partial charge in [-0.05, 0) is 56.9 Å². The molecule has 3 fully saturated rings. The maximum atomic E-state index is 13.3. The van der Waals surface area contributed by atoms with Crippen molar-refractivity contribution in [3.8, 4) is 0 Å². The molecule has 3 aliphatic heterocycles. The Bertz CT molecular complexity index is 941. The average Bonchev–Trinajstić information content (AvgIpc) is 3.12. The van der Waals surface area contributed by atoms with Crippen molar-refractivity contribution in [3.63, 3.8) is 0 Å². The van der Waals surface area contributed by atoms with Crippen LogP contribution in [0.4, 0.5) is 4.79 Å². The van der Waals surface area contributed by atoms with Gasteiger partial charge in [0.25, 0.3) is 5.91 Å². The number of imide groups is 1. The van der Waals surface area contributed by atoms with Crippen molar-refractivity contribution >= 4 is 17.8 Å². The van der Waals surface area contributed by atoms with Gasteiger partial charge < -0.3 is 10.2 Å². The van der Waals surface area contributed by atoms with Gasteiger partial charge in [-0.15, -0.1) is 0 Å². The molecule has 0 aromatic heterocycles. The average molecular weight is 483 g/mol. The number of rotatable bonds is 7. The number of urea groups is 1. The minimum atomic E-state index is -0.706. The number of amides is 4. The zero-order valence-corrected chi connectivity index (χ0v) is 22.2. The zero-order valence-electron chi connectivity index (χ0n) is 22.2. The van der Waals surface area contributed by atoms with Crippen molar-refractivity contribution in [1.29, 1.82) is 0 Å². The summed E-state index contributed by atoms with van der Waals surface area (Å²) in [4.78, 5) is 44.7. The van der Waals surface area contributed by atoms with Crippen LogP contribution in [0.2, 0.25) is 0 Å². The van der Waals surface area contributed by atoms with Gasteiger partial charge in [0.05, 0.1) is 6.04 Å². The summed E-state index contributed by atoms with van der Waals surface area (Å²) in [6.07, 6.45) is 4.81. The molecule has 7 nitrogen and oxygen atoms in total. The minimum Gasteiger partial charge on any atom is -0.349 e. The van der Waals surface area contributed by atoms with Crippen LogP contribution in [-0.2, 0) is 9.59 Å². The van der Waals surface area contributed by atoms with Gasteiger partial charge in [0.1, 0.15) is 5.54 Å². The highest BCUT2D eigenvalue weighted by Gasteiger charge is 2.62. The lowest BCUT2D eigenvalue weighted by Crippen LogP contribution is -2.61. The van der Waals surface area contributed by atoms with Gasteiger partial charge in [0.15, 0.2) is 0 Å². The SMILES string of the molecule is CC(C)N1C(=O)N(C)C(=O)C12CC1CCC(C2)N1CC[C@H](NC(=O)CC(C)(C)C)c1ccccc1. The molecule has 1 aromatic carbocycles. The maximum absolute atomic E-state index is 13.3. The van der Waals surface area contributed by atoms with Crippen molar-refractivity contribution in [3.05, 3.63) is 35.9 Å². The van der Waals surface area contributed by atoms with Crippen molar-refractivity contribution in [1.82, 2.24) is 20.0 Å².